The first kappa shape index (κ1) is 12.3. The fourth-order valence-corrected chi connectivity index (χ4v) is 2.01. The molecule has 84 valence electrons. The number of hydrogen-bond donors (Lipinski definition) is 1. The number of anilines is 1. The molecule has 1 atom stereocenters. The van der Waals surface area contributed by atoms with Gasteiger partial charge in [-0.05, 0) is 43.4 Å². The van der Waals surface area contributed by atoms with E-state index in [9.17, 15) is 0 Å². The van der Waals surface area contributed by atoms with Crippen LogP contribution in [0.1, 0.15) is 38.2 Å². The lowest BCUT2D eigenvalue weighted by atomic mass is 10.1. The average Bonchev–Trinajstić information content (AvgIpc) is 2.18. The van der Waals surface area contributed by atoms with Gasteiger partial charge in [0.1, 0.15) is 5.82 Å². The Morgan fingerprint density at radius 1 is 1.47 bits per heavy atom. The highest BCUT2D eigenvalue weighted by Crippen LogP contribution is 2.14. The molecule has 1 heterocycles. The van der Waals surface area contributed by atoms with Crippen molar-refractivity contribution in [2.45, 2.75) is 44.4 Å². The van der Waals surface area contributed by atoms with Crippen molar-refractivity contribution in [1.82, 2.24) is 4.98 Å². The van der Waals surface area contributed by atoms with Gasteiger partial charge in [0.05, 0.1) is 0 Å². The quantitative estimate of drug-likeness (QED) is 0.756. The highest BCUT2D eigenvalue weighted by Gasteiger charge is 2.03. The second-order valence-corrected chi connectivity index (χ2v) is 4.48. The van der Waals surface area contributed by atoms with Gasteiger partial charge in [-0.3, -0.25) is 0 Å². The minimum Gasteiger partial charge on any atom is -0.384 e. The summed E-state index contributed by atoms with van der Waals surface area (Å²) in [6.45, 7) is 2.17. The SMILES string of the molecule is CCCC(Cl)CCCc1ccnc(N)c1. The van der Waals surface area contributed by atoms with Crippen LogP contribution >= 0.6 is 11.6 Å². The third-order valence-corrected chi connectivity index (χ3v) is 2.87. The number of rotatable bonds is 6. The van der Waals surface area contributed by atoms with Crippen LogP contribution in [0.4, 0.5) is 5.82 Å². The minimum atomic E-state index is 0.328. The standard InChI is InChI=1S/C12H19ClN2/c1-2-4-11(13)6-3-5-10-7-8-15-12(14)9-10/h7-9,11H,2-6H2,1H3,(H2,14,15). The number of halogens is 1. The molecule has 0 fully saturated rings. The molecule has 0 aliphatic heterocycles. The van der Waals surface area contributed by atoms with Gasteiger partial charge in [0, 0.05) is 11.6 Å². The maximum Gasteiger partial charge on any atom is 0.123 e. The average molecular weight is 227 g/mol. The van der Waals surface area contributed by atoms with Crippen LogP contribution in [0.2, 0.25) is 0 Å². The Bertz CT molecular complexity index is 289. The zero-order valence-corrected chi connectivity index (χ0v) is 10.0. The lowest BCUT2D eigenvalue weighted by Gasteiger charge is -2.07. The van der Waals surface area contributed by atoms with E-state index in [-0.39, 0.29) is 0 Å². The van der Waals surface area contributed by atoms with Crippen molar-refractivity contribution >= 4 is 17.4 Å². The van der Waals surface area contributed by atoms with Gasteiger partial charge in [-0.2, -0.15) is 0 Å². The molecule has 1 aromatic rings. The van der Waals surface area contributed by atoms with E-state index >= 15 is 0 Å². The van der Waals surface area contributed by atoms with Crippen molar-refractivity contribution in [3.63, 3.8) is 0 Å². The Balaban J connectivity index is 2.25. The fraction of sp³-hybridized carbons (Fsp3) is 0.583. The molecule has 0 aromatic carbocycles. The molecule has 0 amide bonds. The molecule has 3 heteroatoms. The molecule has 1 unspecified atom stereocenters. The van der Waals surface area contributed by atoms with Crippen molar-refractivity contribution in [3.05, 3.63) is 23.9 Å². The van der Waals surface area contributed by atoms with Gasteiger partial charge in [-0.25, -0.2) is 4.98 Å². The first-order valence-corrected chi connectivity index (χ1v) is 6.00. The van der Waals surface area contributed by atoms with Crippen LogP contribution < -0.4 is 5.73 Å². The predicted molar refractivity (Wildman–Crippen MR) is 66.1 cm³/mol. The summed E-state index contributed by atoms with van der Waals surface area (Å²) in [5, 5.41) is 0.328. The number of aryl methyl sites for hydroxylation is 1. The van der Waals surface area contributed by atoms with Gasteiger partial charge in [0.25, 0.3) is 0 Å². The molecule has 0 saturated carbocycles. The van der Waals surface area contributed by atoms with Gasteiger partial charge in [-0.1, -0.05) is 13.3 Å². The summed E-state index contributed by atoms with van der Waals surface area (Å²) < 4.78 is 0. The molecule has 0 radical (unpaired) electrons. The maximum atomic E-state index is 6.14. The Morgan fingerprint density at radius 2 is 2.27 bits per heavy atom. The summed E-state index contributed by atoms with van der Waals surface area (Å²) in [4.78, 5) is 3.96. The molecule has 1 aromatic heterocycles. The van der Waals surface area contributed by atoms with Crippen LogP contribution in [-0.2, 0) is 6.42 Å². The van der Waals surface area contributed by atoms with Crippen molar-refractivity contribution in [2.75, 3.05) is 5.73 Å². The van der Waals surface area contributed by atoms with E-state index in [0.29, 0.717) is 11.2 Å². The number of aromatic nitrogens is 1. The number of nitrogens with two attached hydrogens (primary N) is 1. The monoisotopic (exact) mass is 226 g/mol. The molecule has 15 heavy (non-hydrogen) atoms. The summed E-state index contributed by atoms with van der Waals surface area (Å²) in [5.74, 6) is 0.600. The normalized spacial score (nSPS) is 12.7. The largest absolute Gasteiger partial charge is 0.384 e. The second-order valence-electron chi connectivity index (χ2n) is 3.87. The lowest BCUT2D eigenvalue weighted by molar-refractivity contribution is 0.640. The van der Waals surface area contributed by atoms with E-state index in [1.807, 2.05) is 12.1 Å². The molecule has 0 bridgehead atoms. The summed E-state index contributed by atoms with van der Waals surface area (Å²) in [6, 6.07) is 3.95. The summed E-state index contributed by atoms with van der Waals surface area (Å²) in [6.07, 6.45) is 7.28. The number of nitrogen functional groups attached to an aromatic ring is 1. The summed E-state index contributed by atoms with van der Waals surface area (Å²) in [5.41, 5.74) is 6.85. The topological polar surface area (TPSA) is 38.9 Å². The molecule has 0 aliphatic rings. The van der Waals surface area contributed by atoms with Crippen LogP contribution in [0.3, 0.4) is 0 Å². The van der Waals surface area contributed by atoms with Crippen LogP contribution in [0.15, 0.2) is 18.3 Å². The number of alkyl halides is 1. The molecule has 2 nitrogen and oxygen atoms in total. The molecule has 2 N–H and O–H groups in total. The molecule has 0 aliphatic carbocycles. The van der Waals surface area contributed by atoms with Gasteiger partial charge < -0.3 is 5.73 Å². The fourth-order valence-electron chi connectivity index (χ4n) is 1.64. The van der Waals surface area contributed by atoms with Crippen LogP contribution in [0, 0.1) is 0 Å². The maximum absolute atomic E-state index is 6.14. The van der Waals surface area contributed by atoms with Crippen molar-refractivity contribution in [2.24, 2.45) is 0 Å². The van der Waals surface area contributed by atoms with Gasteiger partial charge in [-0.15, -0.1) is 11.6 Å². The Hall–Kier alpha value is -0.760. The van der Waals surface area contributed by atoms with Gasteiger partial charge in [0.15, 0.2) is 0 Å². The second kappa shape index (κ2) is 6.67. The highest BCUT2D eigenvalue weighted by atomic mass is 35.5. The minimum absolute atomic E-state index is 0.328. The lowest BCUT2D eigenvalue weighted by Crippen LogP contribution is -1.99. The number of pyridine rings is 1. The van der Waals surface area contributed by atoms with Crippen molar-refractivity contribution in [3.8, 4) is 0 Å². The van der Waals surface area contributed by atoms with E-state index < -0.39 is 0 Å². The number of nitrogens with zero attached hydrogens (tertiary/aromatic N) is 1. The van der Waals surface area contributed by atoms with E-state index in [2.05, 4.69) is 11.9 Å². The predicted octanol–water partition coefficient (Wildman–Crippen LogP) is 3.39. The van der Waals surface area contributed by atoms with Gasteiger partial charge >= 0.3 is 0 Å². The number of hydrogen-bond acceptors (Lipinski definition) is 2. The van der Waals surface area contributed by atoms with Crippen LogP contribution in [0.5, 0.6) is 0 Å². The van der Waals surface area contributed by atoms with E-state index in [1.165, 1.54) is 5.56 Å². The van der Waals surface area contributed by atoms with Gasteiger partial charge in [0.2, 0.25) is 0 Å². The molecule has 1 rings (SSSR count). The first-order chi connectivity index (χ1) is 7.22. The smallest absolute Gasteiger partial charge is 0.123 e. The third kappa shape index (κ3) is 5.03. The Morgan fingerprint density at radius 3 is 2.93 bits per heavy atom. The van der Waals surface area contributed by atoms with E-state index in [4.69, 9.17) is 17.3 Å². The Kier molecular flexibility index (Phi) is 5.48. The summed E-state index contributed by atoms with van der Waals surface area (Å²) >= 11 is 6.14. The van der Waals surface area contributed by atoms with E-state index in [0.717, 1.165) is 32.1 Å². The van der Waals surface area contributed by atoms with Crippen LogP contribution in [-0.4, -0.2) is 10.4 Å². The van der Waals surface area contributed by atoms with Crippen molar-refractivity contribution in [1.29, 1.82) is 0 Å². The molecular formula is C12H19ClN2. The Labute approximate surface area is 96.8 Å². The molecule has 0 spiro atoms. The first-order valence-electron chi connectivity index (χ1n) is 5.57. The van der Waals surface area contributed by atoms with Crippen LogP contribution in [0.25, 0.3) is 0 Å². The van der Waals surface area contributed by atoms with E-state index in [1.54, 1.807) is 6.20 Å². The highest BCUT2D eigenvalue weighted by molar-refractivity contribution is 6.20. The summed E-state index contributed by atoms with van der Waals surface area (Å²) in [7, 11) is 0. The van der Waals surface area contributed by atoms with Crippen molar-refractivity contribution < 1.29 is 0 Å². The molecule has 0 saturated heterocycles. The zero-order chi connectivity index (χ0) is 11.1. The third-order valence-electron chi connectivity index (χ3n) is 2.43. The molecular weight excluding hydrogens is 208 g/mol. The zero-order valence-electron chi connectivity index (χ0n) is 9.25.